The first-order valence-electron chi connectivity index (χ1n) is 8.11. The smallest absolute Gasteiger partial charge is 0.407 e. The number of amides is 1. The Morgan fingerprint density at radius 3 is 2.68 bits per heavy atom. The predicted octanol–water partition coefficient (Wildman–Crippen LogP) is 3.51. The lowest BCUT2D eigenvalue weighted by Crippen LogP contribution is -2.15. The van der Waals surface area contributed by atoms with Gasteiger partial charge < -0.3 is 10.2 Å². The summed E-state index contributed by atoms with van der Waals surface area (Å²) in [5.74, 6) is -0.697. The van der Waals surface area contributed by atoms with Crippen molar-refractivity contribution in [1.82, 2.24) is 4.57 Å². The first kappa shape index (κ1) is 16.8. The summed E-state index contributed by atoms with van der Waals surface area (Å²) in [5, 5.41) is 0. The summed E-state index contributed by atoms with van der Waals surface area (Å²) in [7, 11) is 0. The molecule has 0 aliphatic carbocycles. The van der Waals surface area contributed by atoms with Gasteiger partial charge in [0, 0.05) is 6.08 Å². The highest BCUT2D eigenvalue weighted by molar-refractivity contribution is 5.91. The zero-order valence-electron chi connectivity index (χ0n) is 14.4. The van der Waals surface area contributed by atoms with E-state index in [2.05, 4.69) is 13.8 Å². The first-order valence-corrected chi connectivity index (χ1v) is 8.11. The first-order chi connectivity index (χ1) is 11.9. The number of primary amides is 1. The van der Waals surface area contributed by atoms with E-state index in [1.807, 2.05) is 31.2 Å². The molecule has 0 radical (unpaired) electrons. The molecule has 0 atom stereocenters. The number of aryl methyl sites for hydroxylation is 1. The number of para-hydroxylation sites is 1. The summed E-state index contributed by atoms with van der Waals surface area (Å²) < 4.78 is 7.01. The highest BCUT2D eigenvalue weighted by Gasteiger charge is 2.17. The van der Waals surface area contributed by atoms with Crippen molar-refractivity contribution in [2.75, 3.05) is 0 Å². The van der Waals surface area contributed by atoms with Crippen molar-refractivity contribution < 1.29 is 9.21 Å². The second-order valence-electron chi connectivity index (χ2n) is 6.33. The zero-order chi connectivity index (χ0) is 18.1. The molecule has 1 aromatic heterocycles. The lowest BCUT2D eigenvalue weighted by Gasteiger charge is -2.15. The fourth-order valence-corrected chi connectivity index (χ4v) is 2.98. The third-order valence-corrected chi connectivity index (χ3v) is 4.16. The van der Waals surface area contributed by atoms with Crippen LogP contribution in [0.3, 0.4) is 0 Å². The van der Waals surface area contributed by atoms with E-state index in [1.165, 1.54) is 6.08 Å². The lowest BCUT2D eigenvalue weighted by molar-refractivity contribution is -0.113. The van der Waals surface area contributed by atoms with Gasteiger partial charge in [0.15, 0.2) is 5.58 Å². The monoisotopic (exact) mass is 336 g/mol. The maximum Gasteiger partial charge on any atom is 0.424 e. The van der Waals surface area contributed by atoms with Crippen molar-refractivity contribution >= 4 is 23.1 Å². The molecule has 2 aromatic carbocycles. The number of rotatable bonds is 4. The highest BCUT2D eigenvalue weighted by atomic mass is 16.4. The van der Waals surface area contributed by atoms with Crippen molar-refractivity contribution in [3.63, 3.8) is 0 Å². The fraction of sp³-hybridized carbons (Fsp3) is 0.200. The van der Waals surface area contributed by atoms with Gasteiger partial charge in [-0.25, -0.2) is 9.36 Å². The molecular formula is C20H20N2O3. The predicted molar refractivity (Wildman–Crippen MR) is 98.9 cm³/mol. The van der Waals surface area contributed by atoms with Crippen molar-refractivity contribution in [3.8, 4) is 5.69 Å². The number of carbonyl (C=O) groups is 1. The molecule has 0 aliphatic heterocycles. The van der Waals surface area contributed by atoms with E-state index in [4.69, 9.17) is 10.2 Å². The van der Waals surface area contributed by atoms with Crippen LogP contribution in [-0.4, -0.2) is 10.5 Å². The van der Waals surface area contributed by atoms with Gasteiger partial charge in [0.2, 0.25) is 5.91 Å². The van der Waals surface area contributed by atoms with E-state index in [9.17, 15) is 9.59 Å². The third-order valence-electron chi connectivity index (χ3n) is 4.16. The minimum absolute atomic E-state index is 0.254. The number of aromatic nitrogens is 1. The molecule has 1 heterocycles. The standard InChI is InChI=1S/C20H20N2O3/c1-12(2)15-6-4-5-13(3)19(15)22-16-11-14(8-10-18(21)23)7-9-17(16)25-20(22)24/h4-12H,1-3H3,(H2,21,23)/b10-8+. The van der Waals surface area contributed by atoms with Gasteiger partial charge >= 0.3 is 5.76 Å². The Morgan fingerprint density at radius 1 is 1.24 bits per heavy atom. The van der Waals surface area contributed by atoms with Crippen LogP contribution < -0.4 is 11.5 Å². The molecule has 0 aliphatic rings. The topological polar surface area (TPSA) is 78.2 Å². The van der Waals surface area contributed by atoms with Crippen LogP contribution in [0.1, 0.15) is 36.5 Å². The van der Waals surface area contributed by atoms with Gasteiger partial charge in [0.25, 0.3) is 0 Å². The second-order valence-corrected chi connectivity index (χ2v) is 6.33. The Morgan fingerprint density at radius 2 is 2.00 bits per heavy atom. The number of hydrogen-bond acceptors (Lipinski definition) is 3. The van der Waals surface area contributed by atoms with E-state index in [-0.39, 0.29) is 5.92 Å². The number of oxazole rings is 1. The van der Waals surface area contributed by atoms with Gasteiger partial charge in [-0.05, 0) is 47.7 Å². The van der Waals surface area contributed by atoms with Crippen LogP contribution in [0.25, 0.3) is 22.9 Å². The third kappa shape index (κ3) is 3.13. The lowest BCUT2D eigenvalue weighted by atomic mass is 9.98. The summed E-state index contributed by atoms with van der Waals surface area (Å²) in [5.41, 5.74) is 9.99. The molecule has 128 valence electrons. The normalized spacial score (nSPS) is 11.7. The molecule has 5 heteroatoms. The summed E-state index contributed by atoms with van der Waals surface area (Å²) in [4.78, 5) is 23.5. The van der Waals surface area contributed by atoms with E-state index in [0.29, 0.717) is 11.1 Å². The van der Waals surface area contributed by atoms with Crippen LogP contribution in [-0.2, 0) is 4.79 Å². The average molecular weight is 336 g/mol. The minimum atomic E-state index is -0.523. The van der Waals surface area contributed by atoms with Gasteiger partial charge in [0.05, 0.1) is 11.2 Å². The Hall–Kier alpha value is -3.08. The average Bonchev–Trinajstić information content (AvgIpc) is 2.87. The molecule has 0 fully saturated rings. The van der Waals surface area contributed by atoms with Gasteiger partial charge in [-0.3, -0.25) is 4.79 Å². The highest BCUT2D eigenvalue weighted by Crippen LogP contribution is 2.28. The molecular weight excluding hydrogens is 316 g/mol. The summed E-state index contributed by atoms with van der Waals surface area (Å²) in [6, 6.07) is 11.3. The van der Waals surface area contributed by atoms with E-state index in [0.717, 1.165) is 22.4 Å². The largest absolute Gasteiger partial charge is 0.424 e. The number of fused-ring (bicyclic) bond motifs is 1. The molecule has 0 saturated carbocycles. The molecule has 0 saturated heterocycles. The molecule has 25 heavy (non-hydrogen) atoms. The van der Waals surface area contributed by atoms with Crippen LogP contribution in [0.5, 0.6) is 0 Å². The van der Waals surface area contributed by atoms with Crippen LogP contribution in [0, 0.1) is 6.92 Å². The quantitative estimate of drug-likeness (QED) is 0.741. The van der Waals surface area contributed by atoms with Crippen molar-refractivity contribution in [2.45, 2.75) is 26.7 Å². The Kier molecular flexibility index (Phi) is 4.31. The maximum atomic E-state index is 12.5. The van der Waals surface area contributed by atoms with E-state index in [1.54, 1.807) is 22.8 Å². The molecule has 1 amide bonds. The van der Waals surface area contributed by atoms with Crippen LogP contribution in [0.2, 0.25) is 0 Å². The SMILES string of the molecule is Cc1cccc(C(C)C)c1-n1c(=O)oc2ccc(/C=C/C(N)=O)cc21. The van der Waals surface area contributed by atoms with Gasteiger partial charge in [-0.15, -0.1) is 0 Å². The van der Waals surface area contributed by atoms with Crippen molar-refractivity contribution in [3.05, 3.63) is 69.7 Å². The summed E-state index contributed by atoms with van der Waals surface area (Å²) in [6.07, 6.45) is 2.90. The molecule has 0 bridgehead atoms. The molecule has 0 unspecified atom stereocenters. The number of carbonyl (C=O) groups excluding carboxylic acids is 1. The number of nitrogens with zero attached hydrogens (tertiary/aromatic N) is 1. The Labute approximate surface area is 145 Å². The zero-order valence-corrected chi connectivity index (χ0v) is 14.4. The molecule has 5 nitrogen and oxygen atoms in total. The maximum absolute atomic E-state index is 12.5. The molecule has 3 rings (SSSR count). The Bertz CT molecular complexity index is 1040. The molecule has 2 N–H and O–H groups in total. The van der Waals surface area contributed by atoms with Gasteiger partial charge in [0.1, 0.15) is 0 Å². The number of benzene rings is 2. The van der Waals surface area contributed by atoms with Crippen LogP contribution >= 0.6 is 0 Å². The van der Waals surface area contributed by atoms with Crippen molar-refractivity contribution in [2.24, 2.45) is 5.73 Å². The Balaban J connectivity index is 2.30. The number of hydrogen-bond donors (Lipinski definition) is 1. The van der Waals surface area contributed by atoms with Crippen molar-refractivity contribution in [1.29, 1.82) is 0 Å². The van der Waals surface area contributed by atoms with Gasteiger partial charge in [-0.2, -0.15) is 0 Å². The fourth-order valence-electron chi connectivity index (χ4n) is 2.98. The van der Waals surface area contributed by atoms with Gasteiger partial charge in [-0.1, -0.05) is 38.1 Å². The van der Waals surface area contributed by atoms with E-state index < -0.39 is 11.7 Å². The summed E-state index contributed by atoms with van der Waals surface area (Å²) >= 11 is 0. The van der Waals surface area contributed by atoms with E-state index >= 15 is 0 Å². The number of nitrogens with two attached hydrogens (primary N) is 1. The van der Waals surface area contributed by atoms with Crippen LogP contribution in [0.15, 0.2) is 51.7 Å². The minimum Gasteiger partial charge on any atom is -0.407 e. The molecule has 0 spiro atoms. The molecule has 3 aromatic rings. The second kappa shape index (κ2) is 6.43. The van der Waals surface area contributed by atoms with Crippen LogP contribution in [0.4, 0.5) is 0 Å². The summed E-state index contributed by atoms with van der Waals surface area (Å²) in [6.45, 7) is 6.16.